The van der Waals surface area contributed by atoms with Gasteiger partial charge in [-0.1, -0.05) is 29.8 Å². The first-order valence-corrected chi connectivity index (χ1v) is 6.84. The SMILES string of the molecule is CC(C)(C)OC(=O)NCCC=Cc1ccc(Cl)cc1N. The van der Waals surface area contributed by atoms with Crippen molar-refractivity contribution in [1.29, 1.82) is 0 Å². The summed E-state index contributed by atoms with van der Waals surface area (Å²) in [5.74, 6) is 0. The number of ether oxygens (including phenoxy) is 1. The standard InChI is InChI=1S/C15H21ClN2O2/c1-15(2,3)20-14(19)18-9-5-4-6-11-7-8-12(16)10-13(11)17/h4,6-8,10H,5,9,17H2,1-3H3,(H,18,19). The number of carbonyl (C=O) groups excluding carboxylic acids is 1. The number of hydrogen-bond donors (Lipinski definition) is 2. The molecule has 0 aliphatic heterocycles. The summed E-state index contributed by atoms with van der Waals surface area (Å²) in [7, 11) is 0. The molecule has 0 aliphatic carbocycles. The minimum Gasteiger partial charge on any atom is -0.444 e. The summed E-state index contributed by atoms with van der Waals surface area (Å²) in [6.07, 6.45) is 4.14. The lowest BCUT2D eigenvalue weighted by molar-refractivity contribution is 0.0529. The fourth-order valence-corrected chi connectivity index (χ4v) is 1.66. The lowest BCUT2D eigenvalue weighted by Gasteiger charge is -2.19. The van der Waals surface area contributed by atoms with Gasteiger partial charge in [-0.15, -0.1) is 0 Å². The van der Waals surface area contributed by atoms with Crippen molar-refractivity contribution < 1.29 is 9.53 Å². The lowest BCUT2D eigenvalue weighted by atomic mass is 10.1. The Morgan fingerprint density at radius 1 is 1.45 bits per heavy atom. The molecule has 0 saturated heterocycles. The quantitative estimate of drug-likeness (QED) is 0.655. The van der Waals surface area contributed by atoms with Gasteiger partial charge in [0.25, 0.3) is 0 Å². The first-order chi connectivity index (χ1) is 9.28. The van der Waals surface area contributed by atoms with E-state index in [4.69, 9.17) is 22.1 Å². The van der Waals surface area contributed by atoms with Gasteiger partial charge in [-0.05, 0) is 44.9 Å². The number of amides is 1. The van der Waals surface area contributed by atoms with Crippen molar-refractivity contribution >= 4 is 29.5 Å². The summed E-state index contributed by atoms with van der Waals surface area (Å²) < 4.78 is 5.13. The molecule has 0 aromatic heterocycles. The van der Waals surface area contributed by atoms with Crippen LogP contribution in [0.5, 0.6) is 0 Å². The van der Waals surface area contributed by atoms with Gasteiger partial charge in [0.2, 0.25) is 0 Å². The number of benzene rings is 1. The first kappa shape index (κ1) is 16.4. The predicted molar refractivity (Wildman–Crippen MR) is 83.8 cm³/mol. The van der Waals surface area contributed by atoms with Crippen LogP contribution in [0.15, 0.2) is 24.3 Å². The van der Waals surface area contributed by atoms with Crippen LogP contribution < -0.4 is 11.1 Å². The lowest BCUT2D eigenvalue weighted by Crippen LogP contribution is -2.32. The summed E-state index contributed by atoms with van der Waals surface area (Å²) in [6.45, 7) is 6.00. The van der Waals surface area contributed by atoms with E-state index >= 15 is 0 Å². The molecule has 0 saturated carbocycles. The molecule has 0 bridgehead atoms. The zero-order valence-electron chi connectivity index (χ0n) is 12.1. The molecule has 1 aromatic rings. The van der Waals surface area contributed by atoms with Gasteiger partial charge < -0.3 is 15.8 Å². The largest absolute Gasteiger partial charge is 0.444 e. The highest BCUT2D eigenvalue weighted by Crippen LogP contribution is 2.19. The van der Waals surface area contributed by atoms with E-state index in [0.29, 0.717) is 23.7 Å². The van der Waals surface area contributed by atoms with Crippen LogP contribution in [0.2, 0.25) is 5.02 Å². The molecule has 5 heteroatoms. The number of alkyl carbamates (subject to hydrolysis) is 1. The van der Waals surface area contributed by atoms with E-state index in [9.17, 15) is 4.79 Å². The zero-order valence-corrected chi connectivity index (χ0v) is 12.8. The Morgan fingerprint density at radius 2 is 2.15 bits per heavy atom. The third kappa shape index (κ3) is 6.48. The van der Waals surface area contributed by atoms with Crippen molar-refractivity contribution in [1.82, 2.24) is 5.32 Å². The minimum absolute atomic E-state index is 0.406. The Hall–Kier alpha value is -1.68. The topological polar surface area (TPSA) is 64.3 Å². The highest BCUT2D eigenvalue weighted by Gasteiger charge is 2.15. The summed E-state index contributed by atoms with van der Waals surface area (Å²) >= 11 is 5.82. The van der Waals surface area contributed by atoms with Crippen molar-refractivity contribution in [3.8, 4) is 0 Å². The van der Waals surface area contributed by atoms with E-state index in [1.807, 2.05) is 39.0 Å². The van der Waals surface area contributed by atoms with E-state index in [0.717, 1.165) is 5.56 Å². The number of halogens is 1. The van der Waals surface area contributed by atoms with E-state index in [-0.39, 0.29) is 0 Å². The van der Waals surface area contributed by atoms with Gasteiger partial charge in [0.05, 0.1) is 0 Å². The summed E-state index contributed by atoms with van der Waals surface area (Å²) in [6, 6.07) is 5.35. The second-order valence-corrected chi connectivity index (χ2v) is 5.83. The number of carbonyl (C=O) groups is 1. The van der Waals surface area contributed by atoms with Crippen LogP contribution in [0, 0.1) is 0 Å². The molecule has 0 atom stereocenters. The Bertz CT molecular complexity index is 493. The van der Waals surface area contributed by atoms with Crippen LogP contribution in [0.4, 0.5) is 10.5 Å². The molecule has 110 valence electrons. The molecular weight excluding hydrogens is 276 g/mol. The van der Waals surface area contributed by atoms with Crippen molar-refractivity contribution in [2.75, 3.05) is 12.3 Å². The average molecular weight is 297 g/mol. The fraction of sp³-hybridized carbons (Fsp3) is 0.400. The second kappa shape index (κ2) is 7.20. The third-order valence-corrected chi connectivity index (χ3v) is 2.56. The Labute approximate surface area is 124 Å². The van der Waals surface area contributed by atoms with Crippen LogP contribution >= 0.6 is 11.6 Å². The van der Waals surface area contributed by atoms with Gasteiger partial charge in [0.1, 0.15) is 5.60 Å². The number of rotatable bonds is 4. The van der Waals surface area contributed by atoms with Gasteiger partial charge in [-0.3, -0.25) is 0 Å². The summed E-state index contributed by atoms with van der Waals surface area (Å²) in [5.41, 5.74) is 6.90. The molecular formula is C15H21ClN2O2. The molecule has 1 aromatic carbocycles. The maximum Gasteiger partial charge on any atom is 0.407 e. The van der Waals surface area contributed by atoms with Crippen LogP contribution in [0.25, 0.3) is 6.08 Å². The fourth-order valence-electron chi connectivity index (χ4n) is 1.48. The Kier molecular flexibility index (Phi) is 5.89. The predicted octanol–water partition coefficient (Wildman–Crippen LogP) is 3.85. The van der Waals surface area contributed by atoms with Gasteiger partial charge in [0, 0.05) is 17.3 Å². The minimum atomic E-state index is -0.475. The molecule has 0 spiro atoms. The van der Waals surface area contributed by atoms with E-state index in [1.54, 1.807) is 12.1 Å². The number of hydrogen-bond acceptors (Lipinski definition) is 3. The summed E-state index contributed by atoms with van der Waals surface area (Å²) in [5, 5.41) is 3.30. The highest BCUT2D eigenvalue weighted by molar-refractivity contribution is 6.30. The van der Waals surface area contributed by atoms with Crippen LogP contribution in [0.3, 0.4) is 0 Å². The molecule has 20 heavy (non-hydrogen) atoms. The molecule has 1 rings (SSSR count). The second-order valence-electron chi connectivity index (χ2n) is 5.39. The van der Waals surface area contributed by atoms with Crippen LogP contribution in [-0.4, -0.2) is 18.2 Å². The number of nitrogens with two attached hydrogens (primary N) is 1. The maximum absolute atomic E-state index is 11.4. The average Bonchev–Trinajstić information content (AvgIpc) is 2.28. The third-order valence-electron chi connectivity index (χ3n) is 2.33. The summed E-state index contributed by atoms with van der Waals surface area (Å²) in [4.78, 5) is 11.4. The van der Waals surface area contributed by atoms with E-state index < -0.39 is 11.7 Å². The number of anilines is 1. The molecule has 4 nitrogen and oxygen atoms in total. The van der Waals surface area contributed by atoms with Crippen LogP contribution in [0.1, 0.15) is 32.8 Å². The smallest absolute Gasteiger partial charge is 0.407 e. The monoisotopic (exact) mass is 296 g/mol. The maximum atomic E-state index is 11.4. The molecule has 0 heterocycles. The van der Waals surface area contributed by atoms with Gasteiger partial charge in [-0.2, -0.15) is 0 Å². The number of nitrogens with one attached hydrogen (secondary N) is 1. The van der Waals surface area contributed by atoms with Gasteiger partial charge >= 0.3 is 6.09 Å². The molecule has 0 radical (unpaired) electrons. The van der Waals surface area contributed by atoms with Crippen molar-refractivity contribution in [3.05, 3.63) is 34.9 Å². The van der Waals surface area contributed by atoms with Crippen LogP contribution in [-0.2, 0) is 4.74 Å². The molecule has 0 unspecified atom stereocenters. The van der Waals surface area contributed by atoms with Gasteiger partial charge in [0.15, 0.2) is 0 Å². The number of nitrogen functional groups attached to an aromatic ring is 1. The normalized spacial score (nSPS) is 11.6. The van der Waals surface area contributed by atoms with Crippen molar-refractivity contribution in [3.63, 3.8) is 0 Å². The molecule has 0 fully saturated rings. The highest BCUT2D eigenvalue weighted by atomic mass is 35.5. The van der Waals surface area contributed by atoms with E-state index in [2.05, 4.69) is 5.32 Å². The Balaban J connectivity index is 2.34. The van der Waals surface area contributed by atoms with Gasteiger partial charge in [-0.25, -0.2) is 4.79 Å². The molecule has 0 aliphatic rings. The Morgan fingerprint density at radius 3 is 2.75 bits per heavy atom. The first-order valence-electron chi connectivity index (χ1n) is 6.46. The van der Waals surface area contributed by atoms with Crippen molar-refractivity contribution in [2.24, 2.45) is 0 Å². The van der Waals surface area contributed by atoms with Crippen molar-refractivity contribution in [2.45, 2.75) is 32.8 Å². The molecule has 3 N–H and O–H groups in total. The zero-order chi connectivity index (χ0) is 15.2. The van der Waals surface area contributed by atoms with E-state index in [1.165, 1.54) is 0 Å². The molecule has 1 amide bonds.